The van der Waals surface area contributed by atoms with Crippen LogP contribution in [0.2, 0.25) is 5.02 Å². The fourth-order valence-electron chi connectivity index (χ4n) is 2.17. The van der Waals surface area contributed by atoms with Crippen molar-refractivity contribution < 1.29 is 14.3 Å². The molecule has 0 aliphatic carbocycles. The molecule has 1 heterocycles. The van der Waals surface area contributed by atoms with E-state index in [0.29, 0.717) is 37.8 Å². The first-order valence-corrected chi connectivity index (χ1v) is 7.62. The van der Waals surface area contributed by atoms with Gasteiger partial charge in [-0.05, 0) is 30.7 Å². The molecular formula is C16H19ClN2O3. The van der Waals surface area contributed by atoms with Crippen LogP contribution in [0.15, 0.2) is 30.3 Å². The molecule has 22 heavy (non-hydrogen) atoms. The minimum Gasteiger partial charge on any atom is -0.450 e. The van der Waals surface area contributed by atoms with Gasteiger partial charge in [0.25, 0.3) is 0 Å². The van der Waals surface area contributed by atoms with Crippen molar-refractivity contribution in [1.29, 1.82) is 0 Å². The van der Waals surface area contributed by atoms with Crippen LogP contribution in [0.25, 0.3) is 6.08 Å². The number of carbonyl (C=O) groups is 2. The van der Waals surface area contributed by atoms with Gasteiger partial charge in [-0.25, -0.2) is 4.79 Å². The molecule has 0 aromatic heterocycles. The minimum atomic E-state index is -0.314. The number of hydrogen-bond donors (Lipinski definition) is 0. The number of ether oxygens (including phenoxy) is 1. The molecule has 1 aromatic carbocycles. The molecule has 118 valence electrons. The van der Waals surface area contributed by atoms with Gasteiger partial charge in [-0.3, -0.25) is 4.79 Å². The maximum atomic E-state index is 12.1. The van der Waals surface area contributed by atoms with Crippen molar-refractivity contribution in [1.82, 2.24) is 9.80 Å². The predicted molar refractivity (Wildman–Crippen MR) is 85.7 cm³/mol. The van der Waals surface area contributed by atoms with Gasteiger partial charge in [0, 0.05) is 37.3 Å². The van der Waals surface area contributed by atoms with Crippen LogP contribution in [-0.2, 0) is 9.53 Å². The first-order valence-electron chi connectivity index (χ1n) is 7.24. The van der Waals surface area contributed by atoms with Gasteiger partial charge in [0.2, 0.25) is 5.91 Å². The molecule has 1 fully saturated rings. The van der Waals surface area contributed by atoms with Crippen molar-refractivity contribution in [2.75, 3.05) is 32.8 Å². The SMILES string of the molecule is CCOC(=O)N1CCN(C(=O)C=Cc2ccc(Cl)cc2)CC1. The van der Waals surface area contributed by atoms with Gasteiger partial charge < -0.3 is 14.5 Å². The van der Waals surface area contributed by atoms with Crippen LogP contribution in [0.5, 0.6) is 0 Å². The Morgan fingerprint density at radius 2 is 1.73 bits per heavy atom. The van der Waals surface area contributed by atoms with Crippen LogP contribution in [0, 0.1) is 0 Å². The quantitative estimate of drug-likeness (QED) is 0.804. The van der Waals surface area contributed by atoms with E-state index in [9.17, 15) is 9.59 Å². The van der Waals surface area contributed by atoms with E-state index in [1.165, 1.54) is 0 Å². The third-order valence-electron chi connectivity index (χ3n) is 3.41. The van der Waals surface area contributed by atoms with Crippen LogP contribution < -0.4 is 0 Å². The molecule has 0 atom stereocenters. The number of halogens is 1. The van der Waals surface area contributed by atoms with Gasteiger partial charge in [-0.15, -0.1) is 0 Å². The van der Waals surface area contributed by atoms with Crippen LogP contribution in [-0.4, -0.2) is 54.6 Å². The van der Waals surface area contributed by atoms with Crippen LogP contribution in [0.3, 0.4) is 0 Å². The number of benzene rings is 1. The predicted octanol–water partition coefficient (Wildman–Crippen LogP) is 2.65. The smallest absolute Gasteiger partial charge is 0.409 e. The largest absolute Gasteiger partial charge is 0.450 e. The van der Waals surface area contributed by atoms with Gasteiger partial charge in [0.05, 0.1) is 6.61 Å². The van der Waals surface area contributed by atoms with E-state index >= 15 is 0 Å². The Kier molecular flexibility index (Phi) is 5.83. The molecule has 1 aliphatic rings. The Morgan fingerprint density at radius 3 is 2.32 bits per heavy atom. The molecule has 6 heteroatoms. The van der Waals surface area contributed by atoms with Crippen molar-refractivity contribution in [2.24, 2.45) is 0 Å². The highest BCUT2D eigenvalue weighted by Crippen LogP contribution is 2.11. The molecule has 2 rings (SSSR count). The Morgan fingerprint density at radius 1 is 1.14 bits per heavy atom. The lowest BCUT2D eigenvalue weighted by Gasteiger charge is -2.33. The minimum absolute atomic E-state index is 0.0570. The van der Waals surface area contributed by atoms with E-state index in [4.69, 9.17) is 16.3 Å². The molecule has 0 spiro atoms. The zero-order valence-corrected chi connectivity index (χ0v) is 13.3. The summed E-state index contributed by atoms with van der Waals surface area (Å²) in [5.74, 6) is -0.0570. The molecule has 0 unspecified atom stereocenters. The van der Waals surface area contributed by atoms with Gasteiger partial charge >= 0.3 is 6.09 Å². The average molecular weight is 323 g/mol. The second kappa shape index (κ2) is 7.84. The van der Waals surface area contributed by atoms with Crippen molar-refractivity contribution >= 4 is 29.7 Å². The highest BCUT2D eigenvalue weighted by molar-refractivity contribution is 6.30. The van der Waals surface area contributed by atoms with Gasteiger partial charge in [0.15, 0.2) is 0 Å². The molecule has 0 bridgehead atoms. The summed E-state index contributed by atoms with van der Waals surface area (Å²) in [4.78, 5) is 27.1. The number of rotatable bonds is 3. The van der Waals surface area contributed by atoms with Crippen LogP contribution >= 0.6 is 11.6 Å². The fraction of sp³-hybridized carbons (Fsp3) is 0.375. The molecule has 2 amide bonds. The molecule has 0 N–H and O–H groups in total. The van der Waals surface area contributed by atoms with E-state index in [2.05, 4.69) is 0 Å². The number of hydrogen-bond acceptors (Lipinski definition) is 3. The summed E-state index contributed by atoms with van der Waals surface area (Å²) < 4.78 is 4.95. The van der Waals surface area contributed by atoms with E-state index in [1.807, 2.05) is 12.1 Å². The number of carbonyl (C=O) groups excluding carboxylic acids is 2. The van der Waals surface area contributed by atoms with E-state index in [-0.39, 0.29) is 12.0 Å². The first-order chi connectivity index (χ1) is 10.6. The summed E-state index contributed by atoms with van der Waals surface area (Å²) in [6.07, 6.45) is 2.99. The Hall–Kier alpha value is -2.01. The second-order valence-corrected chi connectivity index (χ2v) is 5.33. The first kappa shape index (κ1) is 16.4. The molecule has 1 saturated heterocycles. The molecule has 1 aromatic rings. The summed E-state index contributed by atoms with van der Waals surface area (Å²) in [6.45, 7) is 4.17. The average Bonchev–Trinajstić information content (AvgIpc) is 2.54. The molecule has 0 saturated carbocycles. The van der Waals surface area contributed by atoms with E-state index in [0.717, 1.165) is 5.56 Å². The van der Waals surface area contributed by atoms with Crippen molar-refractivity contribution in [2.45, 2.75) is 6.92 Å². The topological polar surface area (TPSA) is 49.9 Å². The van der Waals surface area contributed by atoms with Gasteiger partial charge in [0.1, 0.15) is 0 Å². The Balaban J connectivity index is 1.84. The standard InChI is InChI=1S/C16H19ClN2O3/c1-2-22-16(21)19-11-9-18(10-12-19)15(20)8-5-13-3-6-14(17)7-4-13/h3-8H,2,9-12H2,1H3. The number of amides is 2. The van der Waals surface area contributed by atoms with Crippen molar-refractivity contribution in [3.05, 3.63) is 40.9 Å². The summed E-state index contributed by atoms with van der Waals surface area (Å²) in [5, 5.41) is 0.665. The lowest BCUT2D eigenvalue weighted by Crippen LogP contribution is -2.50. The monoisotopic (exact) mass is 322 g/mol. The highest BCUT2D eigenvalue weighted by Gasteiger charge is 2.23. The van der Waals surface area contributed by atoms with Crippen LogP contribution in [0.4, 0.5) is 4.79 Å². The van der Waals surface area contributed by atoms with Crippen molar-refractivity contribution in [3.8, 4) is 0 Å². The van der Waals surface area contributed by atoms with Crippen molar-refractivity contribution in [3.63, 3.8) is 0 Å². The zero-order valence-electron chi connectivity index (χ0n) is 12.5. The zero-order chi connectivity index (χ0) is 15.9. The summed E-state index contributed by atoms with van der Waals surface area (Å²) in [6, 6.07) is 7.27. The highest BCUT2D eigenvalue weighted by atomic mass is 35.5. The summed E-state index contributed by atoms with van der Waals surface area (Å²) in [5.41, 5.74) is 0.919. The maximum absolute atomic E-state index is 12.1. The van der Waals surface area contributed by atoms with E-state index in [1.54, 1.807) is 41.0 Å². The maximum Gasteiger partial charge on any atom is 0.409 e. The fourth-order valence-corrected chi connectivity index (χ4v) is 2.30. The molecular weight excluding hydrogens is 304 g/mol. The third-order valence-corrected chi connectivity index (χ3v) is 3.66. The second-order valence-electron chi connectivity index (χ2n) is 4.90. The van der Waals surface area contributed by atoms with Gasteiger partial charge in [-0.2, -0.15) is 0 Å². The van der Waals surface area contributed by atoms with E-state index < -0.39 is 0 Å². The summed E-state index contributed by atoms with van der Waals surface area (Å²) in [7, 11) is 0. The Bertz CT molecular complexity index is 549. The number of piperazine rings is 1. The summed E-state index contributed by atoms with van der Waals surface area (Å²) >= 11 is 5.82. The third kappa shape index (κ3) is 4.49. The Labute approximate surface area is 135 Å². The van der Waals surface area contributed by atoms with Gasteiger partial charge in [-0.1, -0.05) is 23.7 Å². The lowest BCUT2D eigenvalue weighted by molar-refractivity contribution is -0.127. The molecule has 0 radical (unpaired) electrons. The molecule has 1 aliphatic heterocycles. The van der Waals surface area contributed by atoms with Crippen LogP contribution in [0.1, 0.15) is 12.5 Å². The normalized spacial score (nSPS) is 15.2. The molecule has 5 nitrogen and oxygen atoms in total. The lowest BCUT2D eigenvalue weighted by atomic mass is 10.2. The number of nitrogens with zero attached hydrogens (tertiary/aromatic N) is 2.